The van der Waals surface area contributed by atoms with E-state index in [4.69, 9.17) is 0 Å². The zero-order valence-corrected chi connectivity index (χ0v) is 7.82. The Balaban J connectivity index is 2.15. The Morgan fingerprint density at radius 1 is 1.25 bits per heavy atom. The quantitative estimate of drug-likeness (QED) is 0.623. The highest BCUT2D eigenvalue weighted by Gasteiger charge is 1.98. The van der Waals surface area contributed by atoms with Crippen molar-refractivity contribution in [3.8, 4) is 0 Å². The zero-order valence-electron chi connectivity index (χ0n) is 7.82. The molecular weight excluding hydrogens is 152 g/mol. The maximum absolute atomic E-state index is 4.10. The van der Waals surface area contributed by atoms with Gasteiger partial charge in [-0.3, -0.25) is 0 Å². The molecule has 4 heteroatoms. The highest BCUT2D eigenvalue weighted by atomic mass is 15.6. The van der Waals surface area contributed by atoms with Gasteiger partial charge >= 0.3 is 0 Å². The molecule has 1 heterocycles. The highest BCUT2D eigenvalue weighted by Crippen LogP contribution is 2.02. The highest BCUT2D eigenvalue weighted by molar-refractivity contribution is 4.75. The number of hydrogen-bond acceptors (Lipinski definition) is 3. The lowest BCUT2D eigenvalue weighted by Gasteiger charge is -1.93. The van der Waals surface area contributed by atoms with Gasteiger partial charge in [0.1, 0.15) is 0 Å². The smallest absolute Gasteiger partial charge is 0.167 e. The average molecular weight is 168 g/mol. The molecule has 0 spiro atoms. The van der Waals surface area contributed by atoms with Crippen LogP contribution in [0.5, 0.6) is 0 Å². The van der Waals surface area contributed by atoms with Crippen LogP contribution in [-0.2, 0) is 13.5 Å². The van der Waals surface area contributed by atoms with Gasteiger partial charge in [-0.1, -0.05) is 26.2 Å². The fourth-order valence-corrected chi connectivity index (χ4v) is 1.13. The molecule has 0 bridgehead atoms. The van der Waals surface area contributed by atoms with Crippen molar-refractivity contribution in [1.29, 1.82) is 0 Å². The monoisotopic (exact) mass is 168 g/mol. The minimum Gasteiger partial charge on any atom is -0.167 e. The van der Waals surface area contributed by atoms with E-state index in [1.165, 1.54) is 30.5 Å². The summed E-state index contributed by atoms with van der Waals surface area (Å²) in [5.74, 6) is 0.869. The van der Waals surface area contributed by atoms with Crippen LogP contribution in [0.25, 0.3) is 0 Å². The van der Waals surface area contributed by atoms with Crippen molar-refractivity contribution in [2.24, 2.45) is 7.05 Å². The number of rotatable bonds is 5. The van der Waals surface area contributed by atoms with E-state index in [1.807, 2.05) is 0 Å². The third-order valence-corrected chi connectivity index (χ3v) is 1.80. The molecule has 0 saturated carbocycles. The predicted octanol–water partition coefficient (Wildman–Crippen LogP) is 1.33. The number of unbranched alkanes of at least 4 members (excludes halogenated alkanes) is 3. The number of nitrogens with zero attached hydrogens (tertiary/aromatic N) is 4. The largest absolute Gasteiger partial charge is 0.174 e. The van der Waals surface area contributed by atoms with E-state index in [1.54, 1.807) is 7.05 Å². The first-order chi connectivity index (χ1) is 5.83. The van der Waals surface area contributed by atoms with Crippen molar-refractivity contribution in [2.75, 3.05) is 0 Å². The summed E-state index contributed by atoms with van der Waals surface area (Å²) in [6.45, 7) is 2.21. The van der Waals surface area contributed by atoms with Crippen LogP contribution in [0.1, 0.15) is 38.4 Å². The molecule has 0 aromatic carbocycles. The topological polar surface area (TPSA) is 43.6 Å². The molecule has 0 unspecified atom stereocenters. The summed E-state index contributed by atoms with van der Waals surface area (Å²) in [5, 5.41) is 11.8. The number of tetrazole rings is 1. The van der Waals surface area contributed by atoms with E-state index in [9.17, 15) is 0 Å². The van der Waals surface area contributed by atoms with Crippen molar-refractivity contribution in [3.63, 3.8) is 0 Å². The lowest BCUT2D eigenvalue weighted by Crippen LogP contribution is -1.93. The van der Waals surface area contributed by atoms with Crippen LogP contribution < -0.4 is 0 Å². The molecule has 1 aromatic heterocycles. The summed E-state index contributed by atoms with van der Waals surface area (Å²) in [5.41, 5.74) is 0. The second-order valence-electron chi connectivity index (χ2n) is 3.01. The Kier molecular flexibility index (Phi) is 3.70. The number of aryl methyl sites for hydroxylation is 2. The molecule has 68 valence electrons. The molecule has 0 aliphatic heterocycles. The van der Waals surface area contributed by atoms with Crippen molar-refractivity contribution < 1.29 is 0 Å². The Hall–Kier alpha value is -0.930. The van der Waals surface area contributed by atoms with E-state index in [0.29, 0.717) is 0 Å². The summed E-state index contributed by atoms with van der Waals surface area (Å²) in [7, 11) is 1.79. The third-order valence-electron chi connectivity index (χ3n) is 1.80. The maximum Gasteiger partial charge on any atom is 0.174 e. The van der Waals surface area contributed by atoms with Gasteiger partial charge in [0, 0.05) is 6.42 Å². The van der Waals surface area contributed by atoms with Crippen LogP contribution in [0, 0.1) is 0 Å². The van der Waals surface area contributed by atoms with E-state index in [0.717, 1.165) is 12.2 Å². The predicted molar refractivity (Wildman–Crippen MR) is 46.6 cm³/mol. The van der Waals surface area contributed by atoms with Crippen LogP contribution in [0.4, 0.5) is 0 Å². The summed E-state index contributed by atoms with van der Waals surface area (Å²) in [4.78, 5) is 1.51. The maximum atomic E-state index is 4.10. The van der Waals surface area contributed by atoms with E-state index >= 15 is 0 Å². The van der Waals surface area contributed by atoms with Gasteiger partial charge < -0.3 is 0 Å². The average Bonchev–Trinajstić information content (AvgIpc) is 2.45. The van der Waals surface area contributed by atoms with Gasteiger partial charge in [0.15, 0.2) is 5.82 Å². The van der Waals surface area contributed by atoms with Crippen LogP contribution in [0.15, 0.2) is 0 Å². The molecule has 1 aromatic rings. The lowest BCUT2D eigenvalue weighted by molar-refractivity contribution is 0.621. The SMILES string of the molecule is CCCCCCc1nnn(C)n1. The van der Waals surface area contributed by atoms with Gasteiger partial charge in [0.05, 0.1) is 7.05 Å². The molecular formula is C8H16N4. The molecule has 4 nitrogen and oxygen atoms in total. The summed E-state index contributed by atoms with van der Waals surface area (Å²) in [6.07, 6.45) is 6.00. The summed E-state index contributed by atoms with van der Waals surface area (Å²) in [6, 6.07) is 0. The summed E-state index contributed by atoms with van der Waals surface area (Å²) < 4.78 is 0. The second kappa shape index (κ2) is 4.85. The number of aromatic nitrogens is 4. The fraction of sp³-hybridized carbons (Fsp3) is 0.875. The van der Waals surface area contributed by atoms with Gasteiger partial charge in [0.25, 0.3) is 0 Å². The Morgan fingerprint density at radius 2 is 2.08 bits per heavy atom. The minimum absolute atomic E-state index is 0.869. The van der Waals surface area contributed by atoms with E-state index in [-0.39, 0.29) is 0 Å². The Labute approximate surface area is 73.0 Å². The van der Waals surface area contributed by atoms with Crippen LogP contribution >= 0.6 is 0 Å². The van der Waals surface area contributed by atoms with Gasteiger partial charge in [-0.05, 0) is 11.6 Å². The van der Waals surface area contributed by atoms with Crippen molar-refractivity contribution in [1.82, 2.24) is 20.2 Å². The minimum atomic E-state index is 0.869. The summed E-state index contributed by atoms with van der Waals surface area (Å²) >= 11 is 0. The Bertz CT molecular complexity index is 219. The van der Waals surface area contributed by atoms with Gasteiger partial charge in [0.2, 0.25) is 0 Å². The second-order valence-corrected chi connectivity index (χ2v) is 3.01. The fourth-order valence-electron chi connectivity index (χ4n) is 1.13. The van der Waals surface area contributed by atoms with Crippen LogP contribution in [0.3, 0.4) is 0 Å². The molecule has 0 atom stereocenters. The molecule has 0 amide bonds. The van der Waals surface area contributed by atoms with Gasteiger partial charge in [-0.25, -0.2) is 0 Å². The van der Waals surface area contributed by atoms with Gasteiger partial charge in [-0.2, -0.15) is 4.80 Å². The molecule has 1 rings (SSSR count). The van der Waals surface area contributed by atoms with Gasteiger partial charge in [-0.15, -0.1) is 10.2 Å². The third kappa shape index (κ3) is 2.98. The van der Waals surface area contributed by atoms with Crippen molar-refractivity contribution in [2.45, 2.75) is 39.0 Å². The lowest BCUT2D eigenvalue weighted by atomic mass is 10.1. The molecule has 0 N–H and O–H groups in total. The molecule has 0 aliphatic carbocycles. The normalized spacial score (nSPS) is 10.5. The standard InChI is InChI=1S/C8H16N4/c1-3-4-5-6-7-8-9-11-12(2)10-8/h3-7H2,1-2H3. The number of hydrogen-bond donors (Lipinski definition) is 0. The van der Waals surface area contributed by atoms with Crippen molar-refractivity contribution >= 4 is 0 Å². The molecule has 12 heavy (non-hydrogen) atoms. The van der Waals surface area contributed by atoms with Crippen LogP contribution in [-0.4, -0.2) is 20.2 Å². The molecule has 0 radical (unpaired) electrons. The molecule has 0 aliphatic rings. The van der Waals surface area contributed by atoms with E-state index in [2.05, 4.69) is 22.3 Å². The first-order valence-electron chi connectivity index (χ1n) is 4.56. The first kappa shape index (κ1) is 9.16. The van der Waals surface area contributed by atoms with Crippen LogP contribution in [0.2, 0.25) is 0 Å². The first-order valence-corrected chi connectivity index (χ1v) is 4.56. The molecule has 0 saturated heterocycles. The zero-order chi connectivity index (χ0) is 8.81. The Morgan fingerprint density at radius 3 is 2.67 bits per heavy atom. The molecule has 0 fully saturated rings. The van der Waals surface area contributed by atoms with Crippen molar-refractivity contribution in [3.05, 3.63) is 5.82 Å². The van der Waals surface area contributed by atoms with E-state index < -0.39 is 0 Å².